The van der Waals surface area contributed by atoms with Crippen LogP contribution in [0.4, 0.5) is 5.69 Å². The van der Waals surface area contributed by atoms with E-state index in [1.807, 2.05) is 19.2 Å². The Morgan fingerprint density at radius 1 is 1.15 bits per heavy atom. The van der Waals surface area contributed by atoms with Crippen LogP contribution in [0.15, 0.2) is 42.5 Å². The van der Waals surface area contributed by atoms with Gasteiger partial charge in [0, 0.05) is 18.8 Å². The molecule has 0 aromatic heterocycles. The van der Waals surface area contributed by atoms with E-state index < -0.39 is 0 Å². The molecule has 6 nitrogen and oxygen atoms in total. The molecule has 2 aliphatic rings. The van der Waals surface area contributed by atoms with Crippen LogP contribution in [0.3, 0.4) is 0 Å². The van der Waals surface area contributed by atoms with Crippen LogP contribution < -0.4 is 5.32 Å². The highest BCUT2D eigenvalue weighted by Crippen LogP contribution is 2.34. The van der Waals surface area contributed by atoms with Gasteiger partial charge in [0.1, 0.15) is 0 Å². The van der Waals surface area contributed by atoms with Gasteiger partial charge in [0.2, 0.25) is 5.91 Å². The maximum Gasteiger partial charge on any atom is 0.261 e. The predicted molar refractivity (Wildman–Crippen MR) is 102 cm³/mol. The van der Waals surface area contributed by atoms with Gasteiger partial charge >= 0.3 is 0 Å². The van der Waals surface area contributed by atoms with E-state index in [2.05, 4.69) is 22.3 Å². The molecule has 0 unspecified atom stereocenters. The van der Waals surface area contributed by atoms with E-state index in [0.29, 0.717) is 16.8 Å². The van der Waals surface area contributed by atoms with Gasteiger partial charge in [-0.2, -0.15) is 0 Å². The van der Waals surface area contributed by atoms with E-state index in [4.69, 9.17) is 0 Å². The van der Waals surface area contributed by atoms with E-state index >= 15 is 0 Å². The van der Waals surface area contributed by atoms with Crippen LogP contribution in [-0.4, -0.2) is 48.2 Å². The van der Waals surface area contributed by atoms with E-state index in [0.717, 1.165) is 17.7 Å². The van der Waals surface area contributed by atoms with Gasteiger partial charge in [-0.25, -0.2) is 0 Å². The summed E-state index contributed by atoms with van der Waals surface area (Å²) in [6.45, 7) is 0.253. The van der Waals surface area contributed by atoms with E-state index in [1.54, 1.807) is 18.2 Å². The van der Waals surface area contributed by atoms with Crippen molar-refractivity contribution in [1.82, 2.24) is 9.80 Å². The third-order valence-electron chi connectivity index (χ3n) is 5.40. The minimum atomic E-state index is -0.342. The number of likely N-dealkylation sites (N-methyl/N-ethyl adjacent to an activating group) is 1. The summed E-state index contributed by atoms with van der Waals surface area (Å²) in [5, 5.41) is 2.84. The molecule has 6 heteroatoms. The highest BCUT2D eigenvalue weighted by molar-refractivity contribution is 6.21. The highest BCUT2D eigenvalue weighted by atomic mass is 16.2. The zero-order valence-corrected chi connectivity index (χ0v) is 15.4. The minimum Gasteiger partial charge on any atom is -0.325 e. The molecule has 1 N–H and O–H groups in total. The van der Waals surface area contributed by atoms with Gasteiger partial charge in [-0.15, -0.1) is 0 Å². The third kappa shape index (κ3) is 3.02. The summed E-state index contributed by atoms with van der Waals surface area (Å²) in [6.07, 6.45) is 2.03. The lowest BCUT2D eigenvalue weighted by atomic mass is 10.1. The molecule has 138 valence electrons. The summed E-state index contributed by atoms with van der Waals surface area (Å²) >= 11 is 0. The molecule has 0 radical (unpaired) electrons. The number of rotatable bonds is 4. The standard InChI is InChI=1S/C21H21N3O3/c1-23(18-10-7-13-5-3-4-6-15(13)18)12-19(25)22-14-8-9-16-17(11-14)21(27)24(2)20(16)26/h3-6,8-9,11,18H,7,10,12H2,1-2H3,(H,22,25)/t18-/m1/s1. The first-order chi connectivity index (χ1) is 13.0. The molecule has 4 rings (SSSR count). The number of nitrogens with one attached hydrogen (secondary N) is 1. The number of carbonyl (C=O) groups excluding carboxylic acids is 3. The summed E-state index contributed by atoms with van der Waals surface area (Å²) in [4.78, 5) is 39.7. The van der Waals surface area contributed by atoms with E-state index in [1.165, 1.54) is 18.2 Å². The van der Waals surface area contributed by atoms with Crippen molar-refractivity contribution in [3.63, 3.8) is 0 Å². The number of hydrogen-bond donors (Lipinski definition) is 1. The Balaban J connectivity index is 1.44. The molecular weight excluding hydrogens is 342 g/mol. The Hall–Kier alpha value is -2.99. The summed E-state index contributed by atoms with van der Waals surface area (Å²) in [7, 11) is 3.41. The zero-order chi connectivity index (χ0) is 19.1. The summed E-state index contributed by atoms with van der Waals surface area (Å²) in [5.74, 6) is -0.801. The average Bonchev–Trinajstić information content (AvgIpc) is 3.18. The van der Waals surface area contributed by atoms with Crippen LogP contribution in [-0.2, 0) is 11.2 Å². The predicted octanol–water partition coefficient (Wildman–Crippen LogP) is 2.47. The number of anilines is 1. The number of aryl methyl sites for hydroxylation is 1. The Morgan fingerprint density at radius 2 is 1.89 bits per heavy atom. The van der Waals surface area contributed by atoms with Crippen LogP contribution in [0.2, 0.25) is 0 Å². The van der Waals surface area contributed by atoms with Crippen LogP contribution in [0, 0.1) is 0 Å². The topological polar surface area (TPSA) is 69.7 Å². The Bertz CT molecular complexity index is 953. The fourth-order valence-corrected chi connectivity index (χ4v) is 3.97. The quantitative estimate of drug-likeness (QED) is 0.848. The Morgan fingerprint density at radius 3 is 2.70 bits per heavy atom. The van der Waals surface area contributed by atoms with Crippen LogP contribution in [0.5, 0.6) is 0 Å². The van der Waals surface area contributed by atoms with Crippen molar-refractivity contribution in [1.29, 1.82) is 0 Å². The van der Waals surface area contributed by atoms with Gasteiger partial charge in [0.25, 0.3) is 11.8 Å². The van der Waals surface area contributed by atoms with Gasteiger partial charge in [-0.1, -0.05) is 24.3 Å². The number of benzene rings is 2. The second kappa shape index (κ2) is 6.63. The lowest BCUT2D eigenvalue weighted by molar-refractivity contribution is -0.117. The monoisotopic (exact) mass is 363 g/mol. The molecule has 0 bridgehead atoms. The minimum absolute atomic E-state index is 0.146. The van der Waals surface area contributed by atoms with Gasteiger partial charge in [-0.3, -0.25) is 24.2 Å². The number of carbonyl (C=O) groups is 3. The third-order valence-corrected chi connectivity index (χ3v) is 5.40. The number of amides is 3. The second-order valence-electron chi connectivity index (χ2n) is 7.15. The number of nitrogens with zero attached hydrogens (tertiary/aromatic N) is 2. The maximum atomic E-state index is 12.5. The van der Waals surface area contributed by atoms with Crippen molar-refractivity contribution < 1.29 is 14.4 Å². The average molecular weight is 363 g/mol. The lowest BCUT2D eigenvalue weighted by Crippen LogP contribution is -2.32. The largest absolute Gasteiger partial charge is 0.325 e. The molecule has 0 saturated carbocycles. The van der Waals surface area contributed by atoms with Gasteiger partial charge in [-0.05, 0) is 49.2 Å². The van der Waals surface area contributed by atoms with Crippen molar-refractivity contribution in [2.45, 2.75) is 18.9 Å². The molecule has 2 aromatic rings. The molecule has 27 heavy (non-hydrogen) atoms. The number of imide groups is 1. The molecule has 1 heterocycles. The smallest absolute Gasteiger partial charge is 0.261 e. The fourth-order valence-electron chi connectivity index (χ4n) is 3.97. The fraction of sp³-hybridized carbons (Fsp3) is 0.286. The first-order valence-electron chi connectivity index (χ1n) is 9.00. The molecule has 1 aliphatic heterocycles. The van der Waals surface area contributed by atoms with Gasteiger partial charge in [0.15, 0.2) is 0 Å². The summed E-state index contributed by atoms with van der Waals surface area (Å²) < 4.78 is 0. The first-order valence-corrected chi connectivity index (χ1v) is 9.00. The number of hydrogen-bond acceptors (Lipinski definition) is 4. The normalized spacial score (nSPS) is 18.0. The molecule has 1 atom stereocenters. The van der Waals surface area contributed by atoms with Crippen LogP contribution in [0.1, 0.15) is 44.3 Å². The molecule has 0 spiro atoms. The maximum absolute atomic E-state index is 12.5. The van der Waals surface area contributed by atoms with Crippen LogP contribution in [0.25, 0.3) is 0 Å². The Labute approximate surface area is 157 Å². The van der Waals surface area contributed by atoms with Crippen molar-refractivity contribution in [2.75, 3.05) is 26.0 Å². The lowest BCUT2D eigenvalue weighted by Gasteiger charge is -2.24. The van der Waals surface area contributed by atoms with Gasteiger partial charge < -0.3 is 5.32 Å². The van der Waals surface area contributed by atoms with Gasteiger partial charge in [0.05, 0.1) is 17.7 Å². The molecule has 0 fully saturated rings. The van der Waals surface area contributed by atoms with E-state index in [-0.39, 0.29) is 30.3 Å². The zero-order valence-electron chi connectivity index (χ0n) is 15.4. The molecule has 0 saturated heterocycles. The molecule has 1 aliphatic carbocycles. The molecule has 2 aromatic carbocycles. The van der Waals surface area contributed by atoms with Crippen molar-refractivity contribution >= 4 is 23.4 Å². The van der Waals surface area contributed by atoms with Crippen LogP contribution >= 0.6 is 0 Å². The van der Waals surface area contributed by atoms with E-state index in [9.17, 15) is 14.4 Å². The summed E-state index contributed by atoms with van der Waals surface area (Å²) in [6, 6.07) is 13.4. The highest BCUT2D eigenvalue weighted by Gasteiger charge is 2.33. The van der Waals surface area contributed by atoms with Crippen molar-refractivity contribution in [2.24, 2.45) is 0 Å². The molecule has 3 amide bonds. The Kier molecular flexibility index (Phi) is 4.28. The van der Waals surface area contributed by atoms with Crippen molar-refractivity contribution in [3.05, 3.63) is 64.7 Å². The molecular formula is C21H21N3O3. The summed E-state index contributed by atoms with van der Waals surface area (Å²) in [5.41, 5.74) is 3.87. The number of fused-ring (bicyclic) bond motifs is 2. The van der Waals surface area contributed by atoms with Crippen molar-refractivity contribution in [3.8, 4) is 0 Å². The SMILES string of the molecule is CN1C(=O)c2ccc(NC(=O)CN(C)[C@@H]3CCc4ccccc43)cc2C1=O. The first kappa shape index (κ1) is 17.4. The second-order valence-corrected chi connectivity index (χ2v) is 7.15.